The molecular formula is C26H29N3O4. The second-order valence-corrected chi connectivity index (χ2v) is 7.50. The molecule has 0 unspecified atom stereocenters. The largest absolute Gasteiger partial charge is 0.493 e. The van der Waals surface area contributed by atoms with E-state index in [1.807, 2.05) is 67.4 Å². The van der Waals surface area contributed by atoms with E-state index in [0.29, 0.717) is 41.6 Å². The Morgan fingerprint density at radius 2 is 1.64 bits per heavy atom. The van der Waals surface area contributed by atoms with Gasteiger partial charge in [-0.2, -0.15) is 0 Å². The molecule has 2 N–H and O–H groups in total. The first-order chi connectivity index (χ1) is 16.0. The van der Waals surface area contributed by atoms with Crippen molar-refractivity contribution in [3.05, 3.63) is 83.9 Å². The van der Waals surface area contributed by atoms with Gasteiger partial charge in [0.15, 0.2) is 11.5 Å². The van der Waals surface area contributed by atoms with E-state index in [4.69, 9.17) is 9.47 Å². The van der Waals surface area contributed by atoms with Crippen LogP contribution in [-0.2, 0) is 11.3 Å². The van der Waals surface area contributed by atoms with Crippen LogP contribution in [0.3, 0.4) is 0 Å². The quantitative estimate of drug-likeness (QED) is 0.481. The molecule has 0 aliphatic heterocycles. The molecule has 7 nitrogen and oxygen atoms in total. The third kappa shape index (κ3) is 6.82. The maximum atomic E-state index is 12.7. The smallest absolute Gasteiger partial charge is 0.257 e. The number of benzene rings is 3. The molecule has 0 heterocycles. The number of carbonyl (C=O) groups is 2. The Bertz CT molecular complexity index is 1090. The van der Waals surface area contributed by atoms with Crippen molar-refractivity contribution in [2.45, 2.75) is 13.5 Å². The highest BCUT2D eigenvalue weighted by Gasteiger charge is 2.15. The summed E-state index contributed by atoms with van der Waals surface area (Å²) in [4.78, 5) is 27.3. The lowest BCUT2D eigenvalue weighted by molar-refractivity contribution is -0.117. The van der Waals surface area contributed by atoms with E-state index < -0.39 is 0 Å². The van der Waals surface area contributed by atoms with E-state index in [1.54, 1.807) is 31.4 Å². The molecule has 7 heteroatoms. The highest BCUT2D eigenvalue weighted by Crippen LogP contribution is 2.28. The van der Waals surface area contributed by atoms with Gasteiger partial charge < -0.3 is 20.1 Å². The number of likely N-dealkylation sites (N-methyl/N-ethyl adjacent to an activating group) is 1. The molecule has 3 aromatic rings. The molecule has 2 amide bonds. The van der Waals surface area contributed by atoms with Gasteiger partial charge in [0.05, 0.1) is 31.5 Å². The number of rotatable bonds is 10. The van der Waals surface area contributed by atoms with Crippen molar-refractivity contribution in [1.29, 1.82) is 0 Å². The van der Waals surface area contributed by atoms with Crippen LogP contribution >= 0.6 is 0 Å². The van der Waals surface area contributed by atoms with E-state index in [2.05, 4.69) is 10.6 Å². The van der Waals surface area contributed by atoms with Crippen LogP contribution in [0.5, 0.6) is 11.5 Å². The van der Waals surface area contributed by atoms with Gasteiger partial charge in [0, 0.05) is 12.2 Å². The van der Waals surface area contributed by atoms with Crippen LogP contribution in [-0.4, -0.2) is 44.0 Å². The number of ether oxygens (including phenoxy) is 2. The summed E-state index contributed by atoms with van der Waals surface area (Å²) in [6.45, 7) is 3.18. The molecule has 172 valence electrons. The summed E-state index contributed by atoms with van der Waals surface area (Å²) in [5, 5.41) is 5.70. The van der Waals surface area contributed by atoms with Crippen molar-refractivity contribution in [1.82, 2.24) is 4.90 Å². The normalized spacial score (nSPS) is 10.5. The molecule has 0 fully saturated rings. The number of nitrogens with zero attached hydrogens (tertiary/aromatic N) is 1. The van der Waals surface area contributed by atoms with Gasteiger partial charge >= 0.3 is 0 Å². The van der Waals surface area contributed by atoms with E-state index >= 15 is 0 Å². The van der Waals surface area contributed by atoms with Crippen LogP contribution < -0.4 is 20.1 Å². The lowest BCUT2D eigenvalue weighted by atomic mass is 10.1. The molecule has 0 aromatic heterocycles. The summed E-state index contributed by atoms with van der Waals surface area (Å²) < 4.78 is 10.9. The van der Waals surface area contributed by atoms with Crippen molar-refractivity contribution < 1.29 is 19.1 Å². The average molecular weight is 448 g/mol. The molecule has 0 saturated heterocycles. The van der Waals surface area contributed by atoms with Crippen LogP contribution in [0.2, 0.25) is 0 Å². The number of anilines is 2. The molecular weight excluding hydrogens is 418 g/mol. The van der Waals surface area contributed by atoms with Crippen LogP contribution in [0.25, 0.3) is 0 Å². The van der Waals surface area contributed by atoms with Crippen molar-refractivity contribution in [3.8, 4) is 11.5 Å². The third-order valence-electron chi connectivity index (χ3n) is 4.87. The lowest BCUT2D eigenvalue weighted by Gasteiger charge is -2.18. The van der Waals surface area contributed by atoms with Crippen molar-refractivity contribution in [2.24, 2.45) is 0 Å². The summed E-state index contributed by atoms with van der Waals surface area (Å²) in [5.74, 6) is 0.849. The Morgan fingerprint density at radius 1 is 0.909 bits per heavy atom. The van der Waals surface area contributed by atoms with Crippen LogP contribution in [0.1, 0.15) is 22.8 Å². The number of methoxy groups -OCH3 is 1. The number of amides is 2. The maximum Gasteiger partial charge on any atom is 0.257 e. The van der Waals surface area contributed by atoms with Gasteiger partial charge in [-0.05, 0) is 55.9 Å². The van der Waals surface area contributed by atoms with Crippen LogP contribution in [0, 0.1) is 0 Å². The second kappa shape index (κ2) is 11.7. The standard InChI is InChI=1S/C26H29N3O4/c1-4-33-23-15-14-19(16-24(23)32-3)17-29(2)18-25(30)28-22-13-9-8-12-21(22)26(31)27-20-10-6-5-7-11-20/h5-16H,4,17-18H2,1-3H3,(H,27,31)(H,28,30). The SMILES string of the molecule is CCOc1ccc(CN(C)CC(=O)Nc2ccccc2C(=O)Nc2ccccc2)cc1OC. The Hall–Kier alpha value is -3.84. The molecule has 0 saturated carbocycles. The molecule has 0 aliphatic rings. The Kier molecular flexibility index (Phi) is 8.43. The fourth-order valence-electron chi connectivity index (χ4n) is 3.40. The van der Waals surface area contributed by atoms with Gasteiger partial charge in [0.2, 0.25) is 5.91 Å². The lowest BCUT2D eigenvalue weighted by Crippen LogP contribution is -2.30. The number of para-hydroxylation sites is 2. The van der Waals surface area contributed by atoms with Crippen LogP contribution in [0.15, 0.2) is 72.8 Å². The fraction of sp³-hybridized carbons (Fsp3) is 0.231. The van der Waals surface area contributed by atoms with Gasteiger partial charge in [0.25, 0.3) is 5.91 Å². The number of nitrogens with one attached hydrogen (secondary N) is 2. The van der Waals surface area contributed by atoms with Gasteiger partial charge in [-0.25, -0.2) is 0 Å². The minimum Gasteiger partial charge on any atom is -0.493 e. The maximum absolute atomic E-state index is 12.7. The fourth-order valence-corrected chi connectivity index (χ4v) is 3.40. The molecule has 33 heavy (non-hydrogen) atoms. The molecule has 0 radical (unpaired) electrons. The summed E-state index contributed by atoms with van der Waals surface area (Å²) in [6, 6.07) is 21.9. The number of carbonyl (C=O) groups excluding carboxylic acids is 2. The first-order valence-electron chi connectivity index (χ1n) is 10.7. The monoisotopic (exact) mass is 447 g/mol. The van der Waals surface area contributed by atoms with E-state index in [0.717, 1.165) is 5.56 Å². The summed E-state index contributed by atoms with van der Waals surface area (Å²) in [6.07, 6.45) is 0. The molecule has 0 spiro atoms. The zero-order chi connectivity index (χ0) is 23.6. The van der Waals surface area contributed by atoms with Gasteiger partial charge in [0.1, 0.15) is 0 Å². The average Bonchev–Trinajstić information content (AvgIpc) is 2.81. The topological polar surface area (TPSA) is 79.9 Å². The van der Waals surface area contributed by atoms with E-state index in [9.17, 15) is 9.59 Å². The molecule has 0 atom stereocenters. The second-order valence-electron chi connectivity index (χ2n) is 7.50. The zero-order valence-corrected chi connectivity index (χ0v) is 19.1. The van der Waals surface area contributed by atoms with E-state index in [1.165, 1.54) is 0 Å². The molecule has 3 rings (SSSR count). The highest BCUT2D eigenvalue weighted by molar-refractivity contribution is 6.10. The number of hydrogen-bond acceptors (Lipinski definition) is 5. The predicted octanol–water partition coefficient (Wildman–Crippen LogP) is 4.42. The van der Waals surface area contributed by atoms with Crippen molar-refractivity contribution >= 4 is 23.2 Å². The first kappa shape index (κ1) is 23.8. The predicted molar refractivity (Wildman–Crippen MR) is 130 cm³/mol. The summed E-state index contributed by atoms with van der Waals surface area (Å²) in [5.41, 5.74) is 2.54. The molecule has 0 bridgehead atoms. The zero-order valence-electron chi connectivity index (χ0n) is 19.1. The van der Waals surface area contributed by atoms with Crippen molar-refractivity contribution in [3.63, 3.8) is 0 Å². The highest BCUT2D eigenvalue weighted by atomic mass is 16.5. The first-order valence-corrected chi connectivity index (χ1v) is 10.7. The van der Waals surface area contributed by atoms with Gasteiger partial charge in [-0.15, -0.1) is 0 Å². The minimum absolute atomic E-state index is 0.157. The Balaban J connectivity index is 1.61. The van der Waals surface area contributed by atoms with Gasteiger partial charge in [-0.3, -0.25) is 14.5 Å². The Labute approximate surface area is 194 Å². The van der Waals surface area contributed by atoms with E-state index in [-0.39, 0.29) is 18.4 Å². The summed E-state index contributed by atoms with van der Waals surface area (Å²) in [7, 11) is 3.46. The van der Waals surface area contributed by atoms with Crippen molar-refractivity contribution in [2.75, 3.05) is 37.9 Å². The Morgan fingerprint density at radius 3 is 2.36 bits per heavy atom. The van der Waals surface area contributed by atoms with Crippen LogP contribution in [0.4, 0.5) is 11.4 Å². The molecule has 3 aromatic carbocycles. The van der Waals surface area contributed by atoms with Gasteiger partial charge in [-0.1, -0.05) is 36.4 Å². The third-order valence-corrected chi connectivity index (χ3v) is 4.87. The number of hydrogen-bond donors (Lipinski definition) is 2. The summed E-state index contributed by atoms with van der Waals surface area (Å²) >= 11 is 0. The minimum atomic E-state index is -0.285. The molecule has 0 aliphatic carbocycles.